The number of piperazine rings is 1. The minimum Gasteiger partial charge on any atom is -0.481 e. The number of hydrogen-bond acceptors (Lipinski definition) is 4. The third-order valence-corrected chi connectivity index (χ3v) is 2.58. The third-order valence-electron chi connectivity index (χ3n) is 2.58. The Bertz CT molecular complexity index is 367. The van der Waals surface area contributed by atoms with Gasteiger partial charge in [-0.3, -0.25) is 19.7 Å². The van der Waals surface area contributed by atoms with E-state index in [2.05, 4.69) is 10.6 Å². The summed E-state index contributed by atoms with van der Waals surface area (Å²) in [6, 6.07) is -0.457. The maximum absolute atomic E-state index is 11.6. The van der Waals surface area contributed by atoms with Crippen LogP contribution in [0.4, 0.5) is 4.79 Å². The van der Waals surface area contributed by atoms with Gasteiger partial charge in [0.15, 0.2) is 0 Å². The summed E-state index contributed by atoms with van der Waals surface area (Å²) in [5.41, 5.74) is 0. The number of carbonyl (C=O) groups is 4. The van der Waals surface area contributed by atoms with Crippen LogP contribution in [-0.4, -0.2) is 53.5 Å². The maximum Gasteiger partial charge on any atom is 0.318 e. The zero-order chi connectivity index (χ0) is 14.3. The summed E-state index contributed by atoms with van der Waals surface area (Å²) in [7, 11) is 0. The molecular formula is C11H17N3O5. The van der Waals surface area contributed by atoms with Gasteiger partial charge in [-0.25, -0.2) is 4.79 Å². The molecule has 1 aliphatic rings. The van der Waals surface area contributed by atoms with Crippen LogP contribution < -0.4 is 10.6 Å². The first kappa shape index (κ1) is 14.9. The molecule has 1 aliphatic heterocycles. The second kappa shape index (κ2) is 7.34. The third kappa shape index (κ3) is 5.84. The number of aliphatic carboxylic acids is 1. The highest BCUT2D eigenvalue weighted by atomic mass is 16.4. The molecule has 1 heterocycles. The van der Waals surface area contributed by atoms with Crippen molar-refractivity contribution in [3.63, 3.8) is 0 Å². The second-order valence-electron chi connectivity index (χ2n) is 4.26. The van der Waals surface area contributed by atoms with Gasteiger partial charge in [0.1, 0.15) is 13.1 Å². The molecule has 1 fully saturated rings. The van der Waals surface area contributed by atoms with E-state index in [-0.39, 0.29) is 19.5 Å². The first-order valence-electron chi connectivity index (χ1n) is 6.06. The Balaban J connectivity index is 2.15. The molecular weight excluding hydrogens is 254 g/mol. The average molecular weight is 271 g/mol. The molecule has 106 valence electrons. The van der Waals surface area contributed by atoms with Crippen LogP contribution in [0.15, 0.2) is 0 Å². The van der Waals surface area contributed by atoms with Crippen LogP contribution >= 0.6 is 0 Å². The Morgan fingerprint density at radius 1 is 1.16 bits per heavy atom. The van der Waals surface area contributed by atoms with Gasteiger partial charge < -0.3 is 15.3 Å². The number of unbranched alkanes of at least 4 members (excludes halogenated alkanes) is 2. The zero-order valence-electron chi connectivity index (χ0n) is 10.5. The molecule has 1 saturated heterocycles. The highest BCUT2D eigenvalue weighted by Gasteiger charge is 2.25. The number of amides is 4. The van der Waals surface area contributed by atoms with E-state index in [4.69, 9.17) is 5.11 Å². The van der Waals surface area contributed by atoms with Crippen molar-refractivity contribution in [2.75, 3.05) is 19.6 Å². The highest BCUT2D eigenvalue weighted by molar-refractivity contribution is 6.02. The Kier molecular flexibility index (Phi) is 5.77. The Morgan fingerprint density at radius 3 is 2.37 bits per heavy atom. The Labute approximate surface area is 110 Å². The molecule has 1 rings (SSSR count). The molecule has 4 amide bonds. The number of hydrogen-bond donors (Lipinski definition) is 3. The van der Waals surface area contributed by atoms with Crippen molar-refractivity contribution in [2.45, 2.75) is 25.7 Å². The molecule has 0 saturated carbocycles. The first-order chi connectivity index (χ1) is 8.99. The molecule has 19 heavy (non-hydrogen) atoms. The van der Waals surface area contributed by atoms with Crippen molar-refractivity contribution in [1.29, 1.82) is 0 Å². The topological polar surface area (TPSA) is 116 Å². The van der Waals surface area contributed by atoms with E-state index in [1.807, 2.05) is 0 Å². The largest absolute Gasteiger partial charge is 0.481 e. The van der Waals surface area contributed by atoms with Crippen molar-refractivity contribution < 1.29 is 24.3 Å². The van der Waals surface area contributed by atoms with Gasteiger partial charge >= 0.3 is 12.0 Å². The lowest BCUT2D eigenvalue weighted by atomic mass is 10.2. The fourth-order valence-corrected chi connectivity index (χ4v) is 1.67. The fraction of sp³-hybridized carbons (Fsp3) is 0.636. The molecule has 0 aromatic heterocycles. The molecule has 0 aromatic rings. The van der Waals surface area contributed by atoms with Crippen LogP contribution in [0, 0.1) is 0 Å². The van der Waals surface area contributed by atoms with Gasteiger partial charge in [-0.05, 0) is 12.8 Å². The molecule has 3 N–H and O–H groups in total. The normalized spacial score (nSPS) is 15.1. The van der Waals surface area contributed by atoms with Crippen LogP contribution in [0.3, 0.4) is 0 Å². The Morgan fingerprint density at radius 2 is 1.79 bits per heavy atom. The number of nitrogens with one attached hydrogen (secondary N) is 2. The predicted octanol–water partition coefficient (Wildman–Crippen LogP) is -0.701. The van der Waals surface area contributed by atoms with E-state index < -0.39 is 23.8 Å². The summed E-state index contributed by atoms with van der Waals surface area (Å²) < 4.78 is 0. The van der Waals surface area contributed by atoms with E-state index in [0.29, 0.717) is 25.8 Å². The lowest BCUT2D eigenvalue weighted by Crippen LogP contribution is -2.55. The van der Waals surface area contributed by atoms with Crippen molar-refractivity contribution >= 4 is 23.8 Å². The molecule has 8 nitrogen and oxygen atoms in total. The van der Waals surface area contributed by atoms with Gasteiger partial charge in [0, 0.05) is 13.0 Å². The highest BCUT2D eigenvalue weighted by Crippen LogP contribution is 2.00. The summed E-state index contributed by atoms with van der Waals surface area (Å²) in [5, 5.41) is 13.1. The molecule has 0 atom stereocenters. The van der Waals surface area contributed by atoms with Crippen molar-refractivity contribution in [3.05, 3.63) is 0 Å². The predicted molar refractivity (Wildman–Crippen MR) is 64.2 cm³/mol. The van der Waals surface area contributed by atoms with Crippen LogP contribution in [-0.2, 0) is 14.4 Å². The number of imide groups is 1. The second-order valence-corrected chi connectivity index (χ2v) is 4.26. The van der Waals surface area contributed by atoms with Gasteiger partial charge in [-0.2, -0.15) is 0 Å². The van der Waals surface area contributed by atoms with Gasteiger partial charge in [0.25, 0.3) is 0 Å². The van der Waals surface area contributed by atoms with Gasteiger partial charge in [-0.15, -0.1) is 0 Å². The van der Waals surface area contributed by atoms with Gasteiger partial charge in [0.05, 0.1) is 0 Å². The van der Waals surface area contributed by atoms with Gasteiger partial charge in [-0.1, -0.05) is 6.42 Å². The lowest BCUT2D eigenvalue weighted by molar-refractivity contribution is -0.137. The van der Waals surface area contributed by atoms with Crippen LogP contribution in [0.1, 0.15) is 25.7 Å². The smallest absolute Gasteiger partial charge is 0.318 e. The summed E-state index contributed by atoms with van der Waals surface area (Å²) in [6.45, 7) is 0.137. The van der Waals surface area contributed by atoms with Crippen LogP contribution in [0.2, 0.25) is 0 Å². The molecule has 0 spiro atoms. The number of carbonyl (C=O) groups excluding carboxylic acids is 3. The number of rotatable bonds is 6. The summed E-state index contributed by atoms with van der Waals surface area (Å²) in [5.74, 6) is -1.82. The summed E-state index contributed by atoms with van der Waals surface area (Å²) in [6.07, 6.45) is 2.05. The minimum absolute atomic E-state index is 0.120. The summed E-state index contributed by atoms with van der Waals surface area (Å²) >= 11 is 0. The van der Waals surface area contributed by atoms with Crippen LogP contribution in [0.25, 0.3) is 0 Å². The van der Waals surface area contributed by atoms with Gasteiger partial charge in [0.2, 0.25) is 11.8 Å². The van der Waals surface area contributed by atoms with E-state index in [0.717, 1.165) is 4.90 Å². The number of urea groups is 1. The standard InChI is InChI=1S/C11H17N3O5/c15-8-6-14(7-9(16)13-8)11(19)12-5-3-1-2-4-10(17)18/h1-7H2,(H,12,19)(H,17,18)(H,13,15,16). The number of carboxylic acids is 1. The first-order valence-corrected chi connectivity index (χ1v) is 6.06. The SMILES string of the molecule is O=C(O)CCCCCNC(=O)N1CC(=O)NC(=O)C1. The lowest BCUT2D eigenvalue weighted by Gasteiger charge is -2.25. The van der Waals surface area contributed by atoms with E-state index in [1.54, 1.807) is 0 Å². The van der Waals surface area contributed by atoms with Crippen LogP contribution in [0.5, 0.6) is 0 Å². The number of carboxylic acid groups (broad SMARTS) is 1. The fourth-order valence-electron chi connectivity index (χ4n) is 1.67. The molecule has 0 aromatic carbocycles. The van der Waals surface area contributed by atoms with E-state index >= 15 is 0 Å². The monoisotopic (exact) mass is 271 g/mol. The van der Waals surface area contributed by atoms with E-state index in [1.165, 1.54) is 0 Å². The maximum atomic E-state index is 11.6. The number of nitrogens with zero attached hydrogens (tertiary/aromatic N) is 1. The molecule has 8 heteroatoms. The Hall–Kier alpha value is -2.12. The average Bonchev–Trinajstić information content (AvgIpc) is 2.31. The minimum atomic E-state index is -0.832. The summed E-state index contributed by atoms with van der Waals surface area (Å²) in [4.78, 5) is 45.1. The quantitative estimate of drug-likeness (QED) is 0.436. The van der Waals surface area contributed by atoms with Crippen molar-refractivity contribution in [2.24, 2.45) is 0 Å². The molecule has 0 aliphatic carbocycles. The van der Waals surface area contributed by atoms with E-state index in [9.17, 15) is 19.2 Å². The zero-order valence-corrected chi connectivity index (χ0v) is 10.5. The molecule has 0 unspecified atom stereocenters. The molecule has 0 bridgehead atoms. The van der Waals surface area contributed by atoms with Crippen molar-refractivity contribution in [1.82, 2.24) is 15.5 Å². The van der Waals surface area contributed by atoms with Crippen molar-refractivity contribution in [3.8, 4) is 0 Å². The molecule has 0 radical (unpaired) electrons.